The third-order valence-corrected chi connectivity index (χ3v) is 3.14. The lowest BCUT2D eigenvalue weighted by atomic mass is 10.2. The maximum atomic E-state index is 9.38. The van der Waals surface area contributed by atoms with Crippen molar-refractivity contribution in [2.45, 2.75) is 13.2 Å². The minimum Gasteiger partial charge on any atom is -0.392 e. The summed E-state index contributed by atoms with van der Waals surface area (Å²) in [6.07, 6.45) is 3.67. The largest absolute Gasteiger partial charge is 0.392 e. The van der Waals surface area contributed by atoms with Crippen LogP contribution >= 0.6 is 0 Å². The van der Waals surface area contributed by atoms with E-state index in [2.05, 4.69) is 16.8 Å². The number of aromatic nitrogens is 2. The maximum absolute atomic E-state index is 9.38. The van der Waals surface area contributed by atoms with Crippen LogP contribution in [-0.4, -0.2) is 14.7 Å². The van der Waals surface area contributed by atoms with E-state index in [1.165, 1.54) is 0 Å². The van der Waals surface area contributed by atoms with E-state index in [0.717, 1.165) is 22.2 Å². The summed E-state index contributed by atoms with van der Waals surface area (Å²) in [6.45, 7) is 0.573. The molecule has 0 aliphatic heterocycles. The molecule has 0 aliphatic rings. The molecule has 0 radical (unpaired) electrons. The molecule has 3 nitrogen and oxygen atoms in total. The zero-order chi connectivity index (χ0) is 13.8. The lowest BCUT2D eigenvalue weighted by Crippen LogP contribution is -1.94. The van der Waals surface area contributed by atoms with Gasteiger partial charge in [0, 0.05) is 28.9 Å². The number of hydrogen-bond acceptors (Lipinski definition) is 2. The van der Waals surface area contributed by atoms with Gasteiger partial charge in [-0.1, -0.05) is 30.0 Å². The summed E-state index contributed by atoms with van der Waals surface area (Å²) in [4.78, 5) is 4.36. The zero-order valence-corrected chi connectivity index (χ0v) is 11.0. The van der Waals surface area contributed by atoms with E-state index in [1.807, 2.05) is 53.2 Å². The molecule has 0 unspecified atom stereocenters. The first-order valence-corrected chi connectivity index (χ1v) is 6.46. The molecule has 3 aromatic rings. The van der Waals surface area contributed by atoms with Gasteiger partial charge in [0.1, 0.15) is 5.65 Å². The molecule has 0 aliphatic carbocycles. The van der Waals surface area contributed by atoms with E-state index in [0.29, 0.717) is 6.54 Å². The fraction of sp³-hybridized carbons (Fsp3) is 0.118. The minimum absolute atomic E-state index is 0.0152. The van der Waals surface area contributed by atoms with Gasteiger partial charge in [-0.05, 0) is 24.3 Å². The highest BCUT2D eigenvalue weighted by Crippen LogP contribution is 2.18. The number of benzene rings is 1. The molecule has 3 heteroatoms. The van der Waals surface area contributed by atoms with E-state index >= 15 is 0 Å². The zero-order valence-electron chi connectivity index (χ0n) is 11.0. The summed E-state index contributed by atoms with van der Waals surface area (Å²) in [5.74, 6) is 6.26. The number of rotatable bonds is 2. The quantitative estimate of drug-likeness (QED) is 0.721. The average molecular weight is 262 g/mol. The van der Waals surface area contributed by atoms with Crippen molar-refractivity contribution in [1.82, 2.24) is 9.55 Å². The molecule has 0 spiro atoms. The number of nitrogens with zero attached hydrogens (tertiary/aromatic N) is 2. The standard InChI is InChI=1S/C17H14N2O/c20-13-15-12-19(17-16(15)9-4-10-18-17)11-5-8-14-6-2-1-3-7-14/h1-4,6-7,9-10,12,20H,11,13H2. The second-order valence-electron chi connectivity index (χ2n) is 4.48. The van der Waals surface area contributed by atoms with Gasteiger partial charge >= 0.3 is 0 Å². The molecule has 0 saturated heterocycles. The highest BCUT2D eigenvalue weighted by molar-refractivity contribution is 5.80. The van der Waals surface area contributed by atoms with Crippen molar-refractivity contribution in [3.05, 3.63) is 66.0 Å². The Bertz CT molecular complexity index is 779. The summed E-state index contributed by atoms with van der Waals surface area (Å²) >= 11 is 0. The Morgan fingerprint density at radius 3 is 2.75 bits per heavy atom. The molecule has 98 valence electrons. The fourth-order valence-corrected chi connectivity index (χ4v) is 2.19. The smallest absolute Gasteiger partial charge is 0.141 e. The molecular formula is C17H14N2O. The van der Waals surface area contributed by atoms with Crippen molar-refractivity contribution in [2.75, 3.05) is 0 Å². The van der Waals surface area contributed by atoms with Crippen molar-refractivity contribution >= 4 is 11.0 Å². The van der Waals surface area contributed by atoms with E-state index in [4.69, 9.17) is 0 Å². The second-order valence-corrected chi connectivity index (χ2v) is 4.48. The molecule has 2 heterocycles. The minimum atomic E-state index is 0.0152. The highest BCUT2D eigenvalue weighted by Gasteiger charge is 2.06. The predicted molar refractivity (Wildman–Crippen MR) is 79.0 cm³/mol. The van der Waals surface area contributed by atoms with Gasteiger partial charge in [-0.3, -0.25) is 0 Å². The van der Waals surface area contributed by atoms with Crippen molar-refractivity contribution in [3.63, 3.8) is 0 Å². The van der Waals surface area contributed by atoms with Gasteiger partial charge in [-0.2, -0.15) is 0 Å². The average Bonchev–Trinajstić information content (AvgIpc) is 2.87. The summed E-state index contributed by atoms with van der Waals surface area (Å²) < 4.78 is 1.97. The van der Waals surface area contributed by atoms with Crippen LogP contribution in [0.1, 0.15) is 11.1 Å². The first-order chi connectivity index (χ1) is 9.88. The summed E-state index contributed by atoms with van der Waals surface area (Å²) in [5.41, 5.74) is 2.74. The fourth-order valence-electron chi connectivity index (χ4n) is 2.19. The van der Waals surface area contributed by atoms with Crippen molar-refractivity contribution in [1.29, 1.82) is 0 Å². The van der Waals surface area contributed by atoms with Crippen LogP contribution in [0.3, 0.4) is 0 Å². The molecule has 0 bridgehead atoms. The van der Waals surface area contributed by atoms with Crippen LogP contribution in [0.25, 0.3) is 11.0 Å². The Labute approximate surface area is 117 Å². The molecule has 0 fully saturated rings. The highest BCUT2D eigenvalue weighted by atomic mass is 16.3. The van der Waals surface area contributed by atoms with Crippen LogP contribution in [0.15, 0.2) is 54.9 Å². The SMILES string of the molecule is OCc1cn(CC#Cc2ccccc2)c2ncccc12. The Morgan fingerprint density at radius 1 is 1.10 bits per heavy atom. The molecule has 0 amide bonds. The normalized spacial score (nSPS) is 10.2. The molecule has 2 aromatic heterocycles. The summed E-state index contributed by atoms with van der Waals surface area (Å²) in [5, 5.41) is 10.4. The van der Waals surface area contributed by atoms with E-state index in [9.17, 15) is 5.11 Å². The van der Waals surface area contributed by atoms with Gasteiger partial charge in [-0.15, -0.1) is 0 Å². The Morgan fingerprint density at radius 2 is 1.95 bits per heavy atom. The van der Waals surface area contributed by atoms with Crippen LogP contribution in [0.4, 0.5) is 0 Å². The van der Waals surface area contributed by atoms with Gasteiger partial charge in [-0.25, -0.2) is 4.98 Å². The third-order valence-electron chi connectivity index (χ3n) is 3.14. The van der Waals surface area contributed by atoms with Crippen LogP contribution in [-0.2, 0) is 13.2 Å². The van der Waals surface area contributed by atoms with Gasteiger partial charge in [0.2, 0.25) is 0 Å². The van der Waals surface area contributed by atoms with E-state index in [1.54, 1.807) is 6.20 Å². The number of fused-ring (bicyclic) bond motifs is 1. The summed E-state index contributed by atoms with van der Waals surface area (Å²) in [6, 6.07) is 13.7. The molecular weight excluding hydrogens is 248 g/mol. The van der Waals surface area contributed by atoms with E-state index in [-0.39, 0.29) is 6.61 Å². The van der Waals surface area contributed by atoms with Gasteiger partial charge in [0.25, 0.3) is 0 Å². The van der Waals surface area contributed by atoms with E-state index < -0.39 is 0 Å². The topological polar surface area (TPSA) is 38.0 Å². The molecule has 20 heavy (non-hydrogen) atoms. The number of aliphatic hydroxyl groups is 1. The Kier molecular flexibility index (Phi) is 3.49. The predicted octanol–water partition coefficient (Wildman–Crippen LogP) is 2.58. The van der Waals surface area contributed by atoms with Gasteiger partial charge in [0.15, 0.2) is 0 Å². The molecule has 0 atom stereocenters. The molecule has 0 saturated carbocycles. The lowest BCUT2D eigenvalue weighted by molar-refractivity contribution is 0.283. The second kappa shape index (κ2) is 5.60. The van der Waals surface area contributed by atoms with Gasteiger partial charge < -0.3 is 9.67 Å². The first kappa shape index (κ1) is 12.5. The lowest BCUT2D eigenvalue weighted by Gasteiger charge is -1.97. The van der Waals surface area contributed by atoms with Gasteiger partial charge in [0.05, 0.1) is 13.2 Å². The number of aliphatic hydroxyl groups excluding tert-OH is 1. The maximum Gasteiger partial charge on any atom is 0.141 e. The Hall–Kier alpha value is -2.57. The monoisotopic (exact) mass is 262 g/mol. The number of hydrogen-bond donors (Lipinski definition) is 1. The third kappa shape index (κ3) is 2.42. The Balaban J connectivity index is 1.90. The van der Waals surface area contributed by atoms with Crippen LogP contribution < -0.4 is 0 Å². The molecule has 3 rings (SSSR count). The van der Waals surface area contributed by atoms with Crippen molar-refractivity contribution < 1.29 is 5.11 Å². The van der Waals surface area contributed by atoms with Crippen molar-refractivity contribution in [2.24, 2.45) is 0 Å². The van der Waals surface area contributed by atoms with Crippen LogP contribution in [0.2, 0.25) is 0 Å². The summed E-state index contributed by atoms with van der Waals surface area (Å²) in [7, 11) is 0. The van der Waals surface area contributed by atoms with Crippen molar-refractivity contribution in [3.8, 4) is 11.8 Å². The first-order valence-electron chi connectivity index (χ1n) is 6.46. The number of pyridine rings is 1. The van der Waals surface area contributed by atoms with Crippen LogP contribution in [0, 0.1) is 11.8 Å². The van der Waals surface area contributed by atoms with Crippen LogP contribution in [0.5, 0.6) is 0 Å². The molecule has 1 aromatic carbocycles. The molecule has 1 N–H and O–H groups in total.